The molecule has 0 radical (unpaired) electrons. The first-order valence-corrected chi connectivity index (χ1v) is 7.92. The number of likely N-dealkylation sites (tertiary alicyclic amines) is 1. The van der Waals surface area contributed by atoms with E-state index in [1.165, 1.54) is 12.2 Å². The summed E-state index contributed by atoms with van der Waals surface area (Å²) < 4.78 is 0. The number of hydrogen-bond donors (Lipinski definition) is 1. The summed E-state index contributed by atoms with van der Waals surface area (Å²) in [5.74, 6) is -0.153. The maximum Gasteiger partial charge on any atom is 0.263 e. The zero-order chi connectivity index (χ0) is 17.2. The lowest BCUT2D eigenvalue weighted by Gasteiger charge is -2.22. The predicted molar refractivity (Wildman–Crippen MR) is 88.9 cm³/mol. The van der Waals surface area contributed by atoms with Crippen molar-refractivity contribution in [1.29, 1.82) is 0 Å². The molecule has 2 amide bonds. The summed E-state index contributed by atoms with van der Waals surface area (Å²) in [4.78, 5) is 31.8. The van der Waals surface area contributed by atoms with Crippen molar-refractivity contribution in [2.24, 2.45) is 0 Å². The molecule has 2 heterocycles. The molecule has 1 aromatic rings. The topological polar surface area (TPSA) is 61.9 Å². The molecule has 23 heavy (non-hydrogen) atoms. The number of fused-ring (bicyclic) bond motifs is 2. The molecule has 3 rings (SSSR count). The van der Waals surface area contributed by atoms with Crippen molar-refractivity contribution < 1.29 is 14.4 Å². The lowest BCUT2D eigenvalue weighted by Crippen LogP contribution is -2.41. The Labute approximate surface area is 137 Å². The second kappa shape index (κ2) is 6.68. The van der Waals surface area contributed by atoms with Gasteiger partial charge in [-0.25, -0.2) is 5.06 Å². The fourth-order valence-corrected chi connectivity index (χ4v) is 3.40. The zero-order valence-electron chi connectivity index (χ0n) is 14.4. The maximum absolute atomic E-state index is 12.5. The van der Waals surface area contributed by atoms with Crippen molar-refractivity contribution >= 4 is 17.5 Å². The van der Waals surface area contributed by atoms with Crippen molar-refractivity contribution in [3.8, 4) is 0 Å². The van der Waals surface area contributed by atoms with E-state index in [0.29, 0.717) is 13.0 Å². The molecule has 1 N–H and O–H groups in total. The van der Waals surface area contributed by atoms with Gasteiger partial charge in [-0.05, 0) is 25.1 Å². The van der Waals surface area contributed by atoms with Crippen LogP contribution in [0.3, 0.4) is 0 Å². The summed E-state index contributed by atoms with van der Waals surface area (Å²) in [5, 5.41) is 4.15. The van der Waals surface area contributed by atoms with Crippen molar-refractivity contribution in [2.45, 2.75) is 31.7 Å². The zero-order valence-corrected chi connectivity index (χ0v) is 14.4. The van der Waals surface area contributed by atoms with Crippen LogP contribution in [0.4, 0.5) is 5.69 Å². The second-order valence-corrected chi connectivity index (χ2v) is 5.74. The van der Waals surface area contributed by atoms with Gasteiger partial charge in [0.1, 0.15) is 0 Å². The number of anilines is 1. The van der Waals surface area contributed by atoms with Gasteiger partial charge in [-0.15, -0.1) is 0 Å². The van der Waals surface area contributed by atoms with Gasteiger partial charge in [0.25, 0.3) is 5.91 Å². The van der Waals surface area contributed by atoms with Crippen molar-refractivity contribution in [3.63, 3.8) is 0 Å². The van der Waals surface area contributed by atoms with Crippen LogP contribution in [0.15, 0.2) is 24.3 Å². The van der Waals surface area contributed by atoms with Crippen molar-refractivity contribution in [1.82, 2.24) is 9.96 Å². The Morgan fingerprint density at radius 3 is 2.70 bits per heavy atom. The van der Waals surface area contributed by atoms with Crippen LogP contribution in [0.25, 0.3) is 0 Å². The summed E-state index contributed by atoms with van der Waals surface area (Å²) in [5.41, 5.74) is 1.20. The van der Waals surface area contributed by atoms with E-state index < -0.39 is 5.41 Å². The third-order valence-electron chi connectivity index (χ3n) is 4.59. The molecular weight excluding hydrogens is 294 g/mol. The number of carbonyl (C=O) groups is 2. The number of likely N-dealkylation sites (N-methyl/N-ethyl adjacent to an activating group) is 2. The molecule has 0 saturated carbocycles. The lowest BCUT2D eigenvalue weighted by atomic mass is 9.79. The normalized spacial score (nSPS) is 25.6. The molecule has 2 aliphatic rings. The highest BCUT2D eigenvalue weighted by Gasteiger charge is 2.55. The highest BCUT2D eigenvalue weighted by atomic mass is 16.7. The number of para-hydroxylation sites is 1. The molecule has 2 atom stereocenters. The Morgan fingerprint density at radius 1 is 1.39 bits per heavy atom. The number of hydrogen-bond acceptors (Lipinski definition) is 4. The number of benzene rings is 1. The molecule has 2 aliphatic heterocycles. The van der Waals surface area contributed by atoms with E-state index in [4.69, 9.17) is 4.84 Å². The predicted octanol–water partition coefficient (Wildman–Crippen LogP) is 1.63. The van der Waals surface area contributed by atoms with Crippen LogP contribution in [0.5, 0.6) is 0 Å². The van der Waals surface area contributed by atoms with Crippen LogP contribution in [-0.2, 0) is 19.8 Å². The first-order valence-electron chi connectivity index (χ1n) is 7.92. The Bertz CT molecular complexity index is 605. The lowest BCUT2D eigenvalue weighted by molar-refractivity contribution is -0.173. The minimum Gasteiger partial charge on any atom is -0.325 e. The molecule has 126 valence electrons. The summed E-state index contributed by atoms with van der Waals surface area (Å²) in [6.07, 6.45) is 0.471. The van der Waals surface area contributed by atoms with Gasteiger partial charge >= 0.3 is 0 Å². The highest BCUT2D eigenvalue weighted by molar-refractivity contribution is 6.07. The number of nitrogens with zero attached hydrogens (tertiary/aromatic N) is 2. The third kappa shape index (κ3) is 2.72. The van der Waals surface area contributed by atoms with Gasteiger partial charge in [0.05, 0.1) is 18.6 Å². The minimum atomic E-state index is -0.639. The molecule has 0 bridgehead atoms. The monoisotopic (exact) mass is 319 g/mol. The van der Waals surface area contributed by atoms with Gasteiger partial charge < -0.3 is 5.32 Å². The van der Waals surface area contributed by atoms with Crippen LogP contribution in [0.1, 0.15) is 25.8 Å². The average molecular weight is 319 g/mol. The Morgan fingerprint density at radius 2 is 2.04 bits per heavy atom. The summed E-state index contributed by atoms with van der Waals surface area (Å²) >= 11 is 0. The molecule has 1 spiro atoms. The Kier molecular flexibility index (Phi) is 5.06. The largest absolute Gasteiger partial charge is 0.325 e. The summed E-state index contributed by atoms with van der Waals surface area (Å²) in [6, 6.07) is 7.34. The van der Waals surface area contributed by atoms with Crippen molar-refractivity contribution in [2.75, 3.05) is 33.1 Å². The number of rotatable bonds is 2. The van der Waals surface area contributed by atoms with E-state index >= 15 is 0 Å². The van der Waals surface area contributed by atoms with Gasteiger partial charge in [0.2, 0.25) is 5.91 Å². The van der Waals surface area contributed by atoms with Gasteiger partial charge in [0, 0.05) is 19.3 Å². The van der Waals surface area contributed by atoms with Crippen LogP contribution in [-0.4, -0.2) is 55.6 Å². The molecule has 0 aromatic heterocycles. The van der Waals surface area contributed by atoms with E-state index in [1.807, 2.05) is 50.1 Å². The molecular formula is C17H25N3O3. The number of hydroxylamine groups is 2. The molecule has 1 fully saturated rings. The first-order chi connectivity index (χ1) is 11.0. The molecule has 0 aliphatic carbocycles. The quantitative estimate of drug-likeness (QED) is 0.842. The van der Waals surface area contributed by atoms with Crippen LogP contribution < -0.4 is 5.32 Å². The van der Waals surface area contributed by atoms with E-state index in [-0.39, 0.29) is 17.9 Å². The molecule has 2 unspecified atom stereocenters. The van der Waals surface area contributed by atoms with Crippen LogP contribution in [0.2, 0.25) is 0 Å². The van der Waals surface area contributed by atoms with E-state index in [2.05, 4.69) is 5.32 Å². The average Bonchev–Trinajstić information content (AvgIpc) is 3.06. The number of nitrogens with one attached hydrogen (secondary N) is 1. The third-order valence-corrected chi connectivity index (χ3v) is 4.59. The maximum atomic E-state index is 12.5. The van der Waals surface area contributed by atoms with Gasteiger partial charge in [-0.3, -0.25) is 19.3 Å². The van der Waals surface area contributed by atoms with Gasteiger partial charge in [-0.1, -0.05) is 32.0 Å². The summed E-state index contributed by atoms with van der Waals surface area (Å²) in [6.45, 7) is 4.53. The summed E-state index contributed by atoms with van der Waals surface area (Å²) in [7, 11) is 4.92. The van der Waals surface area contributed by atoms with Crippen molar-refractivity contribution in [3.05, 3.63) is 29.8 Å². The van der Waals surface area contributed by atoms with Gasteiger partial charge in [0.15, 0.2) is 0 Å². The second-order valence-electron chi connectivity index (χ2n) is 5.74. The SMILES string of the molecule is CC.CON(C)C(=O)C1CC2(CN1C)C(=O)Nc1ccccc12. The van der Waals surface area contributed by atoms with Gasteiger partial charge in [-0.2, -0.15) is 0 Å². The Hall–Kier alpha value is -1.92. The van der Waals surface area contributed by atoms with Crippen LogP contribution in [0, 0.1) is 0 Å². The molecule has 1 aromatic carbocycles. The molecule has 6 nitrogen and oxygen atoms in total. The van der Waals surface area contributed by atoms with E-state index in [0.717, 1.165) is 11.3 Å². The number of amides is 2. The molecule has 1 saturated heterocycles. The first kappa shape index (κ1) is 17.4. The fourth-order valence-electron chi connectivity index (χ4n) is 3.40. The van der Waals surface area contributed by atoms with E-state index in [1.54, 1.807) is 7.05 Å². The fraction of sp³-hybridized carbons (Fsp3) is 0.529. The van der Waals surface area contributed by atoms with E-state index in [9.17, 15) is 9.59 Å². The minimum absolute atomic E-state index is 0.0223. The van der Waals surface area contributed by atoms with Crippen LogP contribution >= 0.6 is 0 Å². The Balaban J connectivity index is 0.000000924. The standard InChI is InChI=1S/C15H19N3O3.C2H6/c1-17-9-15(8-12(17)13(19)18(2)21-3)10-6-4-5-7-11(10)16-14(15)20;1-2/h4-7,12H,8-9H2,1-3H3,(H,16,20);1-2H3. The molecule has 6 heteroatoms. The highest BCUT2D eigenvalue weighted by Crippen LogP contribution is 2.45. The smallest absolute Gasteiger partial charge is 0.263 e. The number of carbonyl (C=O) groups excluding carboxylic acids is 2.